The fourth-order valence-electron chi connectivity index (χ4n) is 0.107. The Morgan fingerprint density at radius 2 is 2.14 bits per heavy atom. The van der Waals surface area contributed by atoms with E-state index in [2.05, 4.69) is 5.32 Å². The van der Waals surface area contributed by atoms with Crippen molar-refractivity contribution >= 4 is 5.97 Å². The third-order valence-corrected chi connectivity index (χ3v) is 0.696. The Morgan fingerprint density at radius 3 is 2.14 bits per heavy atom. The predicted molar refractivity (Wildman–Crippen MR) is 25.6 cm³/mol. The zero-order chi connectivity index (χ0) is 5.86. The van der Waals surface area contributed by atoms with Crippen molar-refractivity contribution in [1.29, 1.82) is 0 Å². The molecule has 0 heterocycles. The van der Waals surface area contributed by atoms with Crippen LogP contribution >= 0.6 is 0 Å². The highest BCUT2D eigenvalue weighted by atomic mass is 16.4. The number of carboxylic acids is 1. The number of hydrogen-bond donors (Lipinski definition) is 2. The first-order chi connectivity index (χ1) is 3.18. The van der Waals surface area contributed by atoms with E-state index in [0.29, 0.717) is 0 Å². The summed E-state index contributed by atoms with van der Waals surface area (Å²) < 4.78 is 0. The van der Waals surface area contributed by atoms with Crippen LogP contribution in [-0.4, -0.2) is 18.1 Å². The summed E-state index contributed by atoms with van der Waals surface area (Å²) in [5, 5.41) is 10.6. The Kier molecular flexibility index (Phi) is 2.37. The van der Waals surface area contributed by atoms with Gasteiger partial charge in [0.05, 0.1) is 0 Å². The Labute approximate surface area is 42.3 Å². The van der Waals surface area contributed by atoms with Crippen molar-refractivity contribution in [3.05, 3.63) is 6.04 Å². The normalized spacial score (nSPS) is 9.57. The van der Waals surface area contributed by atoms with E-state index in [0.717, 1.165) is 0 Å². The second-order valence-corrected chi connectivity index (χ2v) is 1.18. The van der Waals surface area contributed by atoms with Crippen LogP contribution in [0, 0.1) is 6.04 Å². The van der Waals surface area contributed by atoms with E-state index in [1.54, 1.807) is 7.05 Å². The molecule has 0 aromatic heterocycles. The van der Waals surface area contributed by atoms with Gasteiger partial charge in [0.1, 0.15) is 6.04 Å². The van der Waals surface area contributed by atoms with Crippen LogP contribution in [0.4, 0.5) is 0 Å². The van der Waals surface area contributed by atoms with Gasteiger partial charge in [0, 0.05) is 0 Å². The summed E-state index contributed by atoms with van der Waals surface area (Å²) in [5.41, 5.74) is 0. The van der Waals surface area contributed by atoms with Crippen molar-refractivity contribution in [2.45, 2.75) is 6.92 Å². The Morgan fingerprint density at radius 1 is 1.71 bits per heavy atom. The SMILES string of the molecule is CN[C](C)C(=O)O. The summed E-state index contributed by atoms with van der Waals surface area (Å²) in [6.07, 6.45) is 0. The number of aliphatic carboxylic acids is 1. The second kappa shape index (κ2) is 2.58. The van der Waals surface area contributed by atoms with Gasteiger partial charge in [-0.2, -0.15) is 0 Å². The molecule has 0 fully saturated rings. The van der Waals surface area contributed by atoms with Crippen molar-refractivity contribution < 1.29 is 9.90 Å². The summed E-state index contributed by atoms with van der Waals surface area (Å²) in [4.78, 5) is 9.83. The molecule has 0 spiro atoms. The maximum Gasteiger partial charge on any atom is 0.326 e. The first kappa shape index (κ1) is 6.43. The first-order valence-electron chi connectivity index (χ1n) is 1.93. The molecule has 0 saturated carbocycles. The first-order valence-corrected chi connectivity index (χ1v) is 1.93. The van der Waals surface area contributed by atoms with Gasteiger partial charge in [-0.1, -0.05) is 0 Å². The van der Waals surface area contributed by atoms with Crippen molar-refractivity contribution in [3.8, 4) is 0 Å². The van der Waals surface area contributed by atoms with Crippen LogP contribution in [0.3, 0.4) is 0 Å². The molecule has 3 nitrogen and oxygen atoms in total. The maximum atomic E-state index is 9.83. The summed E-state index contributed by atoms with van der Waals surface area (Å²) in [6, 6.07) is 0.264. The average molecular weight is 102 g/mol. The third-order valence-electron chi connectivity index (χ3n) is 0.696. The lowest BCUT2D eigenvalue weighted by atomic mass is 10.4. The lowest BCUT2D eigenvalue weighted by Crippen LogP contribution is -2.21. The predicted octanol–water partition coefficient (Wildman–Crippen LogP) is -0.158. The molecule has 3 heteroatoms. The molecule has 0 atom stereocenters. The molecule has 0 aromatic carbocycles. The fourth-order valence-corrected chi connectivity index (χ4v) is 0.107. The zero-order valence-corrected chi connectivity index (χ0v) is 4.36. The van der Waals surface area contributed by atoms with Gasteiger partial charge < -0.3 is 10.4 Å². The smallest absolute Gasteiger partial charge is 0.326 e. The maximum absolute atomic E-state index is 9.83. The van der Waals surface area contributed by atoms with Gasteiger partial charge in [0.15, 0.2) is 0 Å². The van der Waals surface area contributed by atoms with Gasteiger partial charge in [-0.25, -0.2) is 0 Å². The van der Waals surface area contributed by atoms with E-state index < -0.39 is 5.97 Å². The number of rotatable bonds is 2. The monoisotopic (exact) mass is 102 g/mol. The molecule has 2 N–H and O–H groups in total. The van der Waals surface area contributed by atoms with Crippen LogP contribution in [0.25, 0.3) is 0 Å². The molecule has 0 aliphatic rings. The van der Waals surface area contributed by atoms with Crippen molar-refractivity contribution in [2.24, 2.45) is 0 Å². The average Bonchev–Trinajstić information content (AvgIpc) is 1.65. The summed E-state index contributed by atoms with van der Waals surface area (Å²) >= 11 is 0. The number of carboxylic acid groups (broad SMARTS) is 1. The van der Waals surface area contributed by atoms with Crippen molar-refractivity contribution in [2.75, 3.05) is 7.05 Å². The molecule has 0 rings (SSSR count). The van der Waals surface area contributed by atoms with Gasteiger partial charge in [0.2, 0.25) is 0 Å². The Hall–Kier alpha value is -0.570. The molecule has 41 valence electrons. The summed E-state index contributed by atoms with van der Waals surface area (Å²) in [6.45, 7) is 1.50. The summed E-state index contributed by atoms with van der Waals surface area (Å²) in [5.74, 6) is -0.900. The lowest BCUT2D eigenvalue weighted by Gasteiger charge is -1.98. The number of nitrogens with one attached hydrogen (secondary N) is 1. The second-order valence-electron chi connectivity index (χ2n) is 1.18. The molecule has 0 saturated heterocycles. The fraction of sp³-hybridized carbons (Fsp3) is 0.500. The zero-order valence-electron chi connectivity index (χ0n) is 4.36. The molecule has 0 amide bonds. The van der Waals surface area contributed by atoms with E-state index in [1.165, 1.54) is 6.92 Å². The highest BCUT2D eigenvalue weighted by Crippen LogP contribution is 1.86. The highest BCUT2D eigenvalue weighted by Gasteiger charge is 2.06. The highest BCUT2D eigenvalue weighted by molar-refractivity contribution is 5.81. The molecule has 0 unspecified atom stereocenters. The van der Waals surface area contributed by atoms with Gasteiger partial charge in [-0.05, 0) is 14.0 Å². The topological polar surface area (TPSA) is 49.3 Å². The van der Waals surface area contributed by atoms with E-state index in [1.807, 2.05) is 0 Å². The summed E-state index contributed by atoms with van der Waals surface area (Å²) in [7, 11) is 1.57. The van der Waals surface area contributed by atoms with Crippen LogP contribution in [0.15, 0.2) is 0 Å². The van der Waals surface area contributed by atoms with Crippen molar-refractivity contribution in [1.82, 2.24) is 5.32 Å². The quantitative estimate of drug-likeness (QED) is 0.509. The van der Waals surface area contributed by atoms with Gasteiger partial charge in [0.25, 0.3) is 0 Å². The number of hydrogen-bond acceptors (Lipinski definition) is 2. The molecular weight excluding hydrogens is 94.0 g/mol. The third kappa shape index (κ3) is 2.17. The van der Waals surface area contributed by atoms with E-state index in [9.17, 15) is 4.79 Å². The van der Waals surface area contributed by atoms with Crippen LogP contribution < -0.4 is 5.32 Å². The lowest BCUT2D eigenvalue weighted by molar-refractivity contribution is -0.135. The van der Waals surface area contributed by atoms with Crippen LogP contribution in [-0.2, 0) is 4.79 Å². The Balaban J connectivity index is 3.34. The minimum atomic E-state index is -0.900. The van der Waals surface area contributed by atoms with Crippen molar-refractivity contribution in [3.63, 3.8) is 0 Å². The van der Waals surface area contributed by atoms with Crippen LogP contribution in [0.1, 0.15) is 6.92 Å². The minimum Gasteiger partial charge on any atom is -0.480 e. The molecule has 0 aliphatic carbocycles. The molecular formula is C4H8NO2. The number of carbonyl (C=O) groups is 1. The molecule has 1 radical (unpaired) electrons. The number of likely N-dealkylation sites (N-methyl/N-ethyl adjacent to an activating group) is 1. The van der Waals surface area contributed by atoms with Gasteiger partial charge in [-0.15, -0.1) is 0 Å². The van der Waals surface area contributed by atoms with Gasteiger partial charge >= 0.3 is 5.97 Å². The van der Waals surface area contributed by atoms with Crippen LogP contribution in [0.2, 0.25) is 0 Å². The Bertz CT molecular complexity index is 72.1. The largest absolute Gasteiger partial charge is 0.480 e. The van der Waals surface area contributed by atoms with E-state index in [-0.39, 0.29) is 6.04 Å². The van der Waals surface area contributed by atoms with E-state index >= 15 is 0 Å². The molecule has 0 bridgehead atoms. The van der Waals surface area contributed by atoms with Gasteiger partial charge in [-0.3, -0.25) is 4.79 Å². The van der Waals surface area contributed by atoms with Crippen LogP contribution in [0.5, 0.6) is 0 Å². The molecule has 7 heavy (non-hydrogen) atoms. The molecule has 0 aromatic rings. The molecule has 0 aliphatic heterocycles. The standard InChI is InChI=1S/C4H8NO2/c1-3(5-2)4(6)7/h5H,1-2H3,(H,6,7). The minimum absolute atomic E-state index is 0.264. The van der Waals surface area contributed by atoms with E-state index in [4.69, 9.17) is 5.11 Å².